The predicted octanol–water partition coefficient (Wildman–Crippen LogP) is 3.93. The Labute approximate surface area is 123 Å². The summed E-state index contributed by atoms with van der Waals surface area (Å²) in [6, 6.07) is 15.4. The summed E-state index contributed by atoms with van der Waals surface area (Å²) in [7, 11) is 0. The second-order valence-corrected chi connectivity index (χ2v) is 5.26. The van der Waals surface area contributed by atoms with Gasteiger partial charge in [-0.3, -0.25) is 0 Å². The molecule has 2 aromatic carbocycles. The minimum absolute atomic E-state index is 0.104. The maximum Gasteiger partial charge on any atom is 0.322 e. The first-order valence-electron chi connectivity index (χ1n) is 6.61. The average Bonchev–Trinajstić information content (AvgIpc) is 2.49. The van der Waals surface area contributed by atoms with Gasteiger partial charge in [-0.25, -0.2) is 4.79 Å². The minimum Gasteiger partial charge on any atom is -0.320 e. The SMILES string of the molecule is O=C(Nc1ccccc1Cl)N1CCc2ccccc2C1. The molecule has 1 N–H and O–H groups in total. The fraction of sp³-hybridized carbons (Fsp3) is 0.188. The zero-order valence-electron chi connectivity index (χ0n) is 11.0. The number of carbonyl (C=O) groups excluding carboxylic acids is 1. The van der Waals surface area contributed by atoms with Crippen molar-refractivity contribution in [2.45, 2.75) is 13.0 Å². The maximum atomic E-state index is 12.3. The lowest BCUT2D eigenvalue weighted by molar-refractivity contribution is 0.206. The molecule has 3 nitrogen and oxygen atoms in total. The summed E-state index contributed by atoms with van der Waals surface area (Å²) >= 11 is 6.06. The van der Waals surface area contributed by atoms with E-state index in [2.05, 4.69) is 17.4 Å². The predicted molar refractivity (Wildman–Crippen MR) is 81.0 cm³/mol. The van der Waals surface area contributed by atoms with Crippen molar-refractivity contribution in [1.82, 2.24) is 4.90 Å². The summed E-state index contributed by atoms with van der Waals surface area (Å²) in [6.45, 7) is 1.37. The second kappa shape index (κ2) is 5.55. The standard InChI is InChI=1S/C16H15ClN2O/c17-14-7-3-4-8-15(14)18-16(20)19-10-9-12-5-1-2-6-13(12)11-19/h1-8H,9-11H2,(H,18,20). The molecule has 1 aliphatic rings. The molecule has 0 radical (unpaired) electrons. The van der Waals surface area contributed by atoms with Gasteiger partial charge in [-0.05, 0) is 29.7 Å². The van der Waals surface area contributed by atoms with Crippen LogP contribution in [0.15, 0.2) is 48.5 Å². The number of anilines is 1. The number of amides is 2. The maximum absolute atomic E-state index is 12.3. The van der Waals surface area contributed by atoms with Crippen molar-refractivity contribution in [2.75, 3.05) is 11.9 Å². The van der Waals surface area contributed by atoms with E-state index in [4.69, 9.17) is 11.6 Å². The molecule has 0 aliphatic carbocycles. The molecule has 0 bridgehead atoms. The minimum atomic E-state index is -0.104. The Bertz CT molecular complexity index is 642. The molecule has 0 saturated heterocycles. The third-order valence-electron chi connectivity index (χ3n) is 3.53. The van der Waals surface area contributed by atoms with Crippen molar-refractivity contribution in [3.05, 3.63) is 64.7 Å². The Morgan fingerprint density at radius 3 is 2.55 bits per heavy atom. The Balaban J connectivity index is 1.72. The zero-order chi connectivity index (χ0) is 13.9. The molecule has 1 aliphatic heterocycles. The van der Waals surface area contributed by atoms with Gasteiger partial charge >= 0.3 is 6.03 Å². The lowest BCUT2D eigenvalue weighted by Gasteiger charge is -2.29. The highest BCUT2D eigenvalue weighted by Gasteiger charge is 2.20. The third kappa shape index (κ3) is 2.63. The highest BCUT2D eigenvalue weighted by molar-refractivity contribution is 6.33. The zero-order valence-corrected chi connectivity index (χ0v) is 11.7. The van der Waals surface area contributed by atoms with Gasteiger partial charge in [-0.1, -0.05) is 48.0 Å². The number of hydrogen-bond donors (Lipinski definition) is 1. The molecule has 3 rings (SSSR count). The molecule has 0 spiro atoms. The van der Waals surface area contributed by atoms with E-state index in [1.54, 1.807) is 12.1 Å². The van der Waals surface area contributed by atoms with Crippen LogP contribution in [-0.2, 0) is 13.0 Å². The Morgan fingerprint density at radius 1 is 1.05 bits per heavy atom. The lowest BCUT2D eigenvalue weighted by atomic mass is 10.0. The van der Waals surface area contributed by atoms with E-state index in [0.29, 0.717) is 17.3 Å². The van der Waals surface area contributed by atoms with Crippen LogP contribution in [0.1, 0.15) is 11.1 Å². The molecule has 2 aromatic rings. The number of nitrogens with one attached hydrogen (secondary N) is 1. The highest BCUT2D eigenvalue weighted by atomic mass is 35.5. The number of halogens is 1. The van der Waals surface area contributed by atoms with Crippen molar-refractivity contribution in [3.63, 3.8) is 0 Å². The number of fused-ring (bicyclic) bond motifs is 1. The Kier molecular flexibility index (Phi) is 3.61. The monoisotopic (exact) mass is 286 g/mol. The molecule has 2 amide bonds. The van der Waals surface area contributed by atoms with E-state index in [0.717, 1.165) is 13.0 Å². The first kappa shape index (κ1) is 13.0. The van der Waals surface area contributed by atoms with E-state index < -0.39 is 0 Å². The summed E-state index contributed by atoms with van der Waals surface area (Å²) in [5, 5.41) is 3.42. The molecular weight excluding hydrogens is 272 g/mol. The number of para-hydroxylation sites is 1. The van der Waals surface area contributed by atoms with Gasteiger partial charge in [0.25, 0.3) is 0 Å². The molecule has 0 atom stereocenters. The van der Waals surface area contributed by atoms with Crippen molar-refractivity contribution in [1.29, 1.82) is 0 Å². The van der Waals surface area contributed by atoms with Gasteiger partial charge in [0.15, 0.2) is 0 Å². The molecule has 0 unspecified atom stereocenters. The van der Waals surface area contributed by atoms with Crippen molar-refractivity contribution >= 4 is 23.3 Å². The molecule has 0 fully saturated rings. The van der Waals surface area contributed by atoms with E-state index in [1.165, 1.54) is 11.1 Å². The summed E-state index contributed by atoms with van der Waals surface area (Å²) in [5.41, 5.74) is 3.19. The lowest BCUT2D eigenvalue weighted by Crippen LogP contribution is -2.38. The Hall–Kier alpha value is -2.00. The van der Waals surface area contributed by atoms with Gasteiger partial charge < -0.3 is 10.2 Å². The topological polar surface area (TPSA) is 32.3 Å². The van der Waals surface area contributed by atoms with Crippen molar-refractivity contribution in [3.8, 4) is 0 Å². The van der Waals surface area contributed by atoms with Crippen LogP contribution >= 0.6 is 11.6 Å². The number of benzene rings is 2. The Morgan fingerprint density at radius 2 is 1.75 bits per heavy atom. The van der Waals surface area contributed by atoms with Gasteiger partial charge in [-0.2, -0.15) is 0 Å². The van der Waals surface area contributed by atoms with Crippen molar-refractivity contribution < 1.29 is 4.79 Å². The molecule has 0 saturated carbocycles. The van der Waals surface area contributed by atoms with Crippen molar-refractivity contribution in [2.24, 2.45) is 0 Å². The van der Waals surface area contributed by atoms with Crippen LogP contribution in [0.25, 0.3) is 0 Å². The van der Waals surface area contributed by atoms with E-state index in [9.17, 15) is 4.79 Å². The smallest absolute Gasteiger partial charge is 0.320 e. The van der Waals surface area contributed by atoms with Gasteiger partial charge in [0.2, 0.25) is 0 Å². The fourth-order valence-corrected chi connectivity index (χ4v) is 2.61. The fourth-order valence-electron chi connectivity index (χ4n) is 2.43. The molecular formula is C16H15ClN2O. The molecule has 1 heterocycles. The van der Waals surface area contributed by atoms with Crippen LogP contribution in [0.4, 0.5) is 10.5 Å². The summed E-state index contributed by atoms with van der Waals surface area (Å²) in [6.07, 6.45) is 0.895. The largest absolute Gasteiger partial charge is 0.322 e. The number of carbonyl (C=O) groups is 1. The first-order chi connectivity index (χ1) is 9.74. The molecule has 4 heteroatoms. The number of nitrogens with zero attached hydrogens (tertiary/aromatic N) is 1. The van der Waals surface area contributed by atoms with Gasteiger partial charge in [0, 0.05) is 13.1 Å². The van der Waals surface area contributed by atoms with E-state index >= 15 is 0 Å². The van der Waals surface area contributed by atoms with Crippen LogP contribution < -0.4 is 5.32 Å². The molecule has 102 valence electrons. The highest BCUT2D eigenvalue weighted by Crippen LogP contribution is 2.23. The average molecular weight is 287 g/mol. The van der Waals surface area contributed by atoms with Crippen LogP contribution in [0.2, 0.25) is 5.02 Å². The van der Waals surface area contributed by atoms with Crippen LogP contribution in [0.5, 0.6) is 0 Å². The van der Waals surface area contributed by atoms with E-state index in [-0.39, 0.29) is 6.03 Å². The van der Waals surface area contributed by atoms with E-state index in [1.807, 2.05) is 29.2 Å². The summed E-state index contributed by atoms with van der Waals surface area (Å²) in [5.74, 6) is 0. The molecule has 0 aromatic heterocycles. The van der Waals surface area contributed by atoms with Gasteiger partial charge in [-0.15, -0.1) is 0 Å². The molecule has 20 heavy (non-hydrogen) atoms. The van der Waals surface area contributed by atoms with Crippen LogP contribution in [-0.4, -0.2) is 17.5 Å². The first-order valence-corrected chi connectivity index (χ1v) is 6.99. The third-order valence-corrected chi connectivity index (χ3v) is 3.86. The van der Waals surface area contributed by atoms with Gasteiger partial charge in [0.1, 0.15) is 0 Å². The summed E-state index contributed by atoms with van der Waals surface area (Å²) in [4.78, 5) is 14.1. The van der Waals surface area contributed by atoms with Gasteiger partial charge in [0.05, 0.1) is 10.7 Å². The van der Waals surface area contributed by atoms with Crippen LogP contribution in [0, 0.1) is 0 Å². The number of urea groups is 1. The second-order valence-electron chi connectivity index (χ2n) is 4.85. The quantitative estimate of drug-likeness (QED) is 0.846. The number of rotatable bonds is 1. The van der Waals surface area contributed by atoms with Crippen LogP contribution in [0.3, 0.4) is 0 Å². The number of hydrogen-bond acceptors (Lipinski definition) is 1. The normalized spacial score (nSPS) is 13.8. The summed E-state index contributed by atoms with van der Waals surface area (Å²) < 4.78 is 0.